The fourth-order valence-corrected chi connectivity index (χ4v) is 2.48. The van der Waals surface area contributed by atoms with Crippen molar-refractivity contribution in [3.05, 3.63) is 0 Å². The molecule has 0 saturated carbocycles. The molecule has 0 radical (unpaired) electrons. The van der Waals surface area contributed by atoms with Crippen molar-refractivity contribution in [2.24, 2.45) is 0 Å². The van der Waals surface area contributed by atoms with Gasteiger partial charge in [-0.15, -0.1) is 0 Å². The third-order valence-electron chi connectivity index (χ3n) is 3.11. The molecule has 1 rings (SSSR count). The minimum absolute atomic E-state index is 0.259. The lowest BCUT2D eigenvalue weighted by Gasteiger charge is -2.34. The summed E-state index contributed by atoms with van der Waals surface area (Å²) in [4.78, 5) is 47.4. The van der Waals surface area contributed by atoms with Gasteiger partial charge in [-0.05, 0) is 24.9 Å². The Kier molecular flexibility index (Phi) is 6.47. The second-order valence-electron chi connectivity index (χ2n) is 4.59. The Balaban J connectivity index is 2.76. The van der Waals surface area contributed by atoms with Crippen molar-refractivity contribution in [3.63, 3.8) is 0 Å². The maximum absolute atomic E-state index is 12.1. The Hall–Kier alpha value is -1.77. The molecule has 1 aliphatic heterocycles. The molecule has 21 heavy (non-hydrogen) atoms. The van der Waals surface area contributed by atoms with Crippen LogP contribution in [-0.4, -0.2) is 64.5 Å². The van der Waals surface area contributed by atoms with E-state index in [0.717, 1.165) is 4.90 Å². The molecule has 1 aliphatic rings. The van der Waals surface area contributed by atoms with E-state index in [4.69, 9.17) is 5.11 Å². The SMILES string of the molecule is CCC1C(=O)NC(=O)CN1C(=O)NC(CCSC)C(=O)O. The number of hydrogen-bond acceptors (Lipinski definition) is 5. The highest BCUT2D eigenvalue weighted by Gasteiger charge is 2.36. The summed E-state index contributed by atoms with van der Waals surface area (Å²) in [6, 6.07) is -2.52. The first-order chi connectivity index (χ1) is 9.90. The fourth-order valence-electron chi connectivity index (χ4n) is 2.01. The largest absolute Gasteiger partial charge is 0.480 e. The van der Waals surface area contributed by atoms with E-state index in [9.17, 15) is 19.2 Å². The predicted octanol–water partition coefficient (Wildman–Crippen LogP) is -0.361. The Bertz CT molecular complexity index is 443. The first kappa shape index (κ1) is 17.3. The molecule has 0 aromatic rings. The van der Waals surface area contributed by atoms with Gasteiger partial charge in [0.25, 0.3) is 0 Å². The first-order valence-corrected chi connectivity index (χ1v) is 7.92. The molecule has 1 saturated heterocycles. The summed E-state index contributed by atoms with van der Waals surface area (Å²) in [6.45, 7) is 1.45. The number of carbonyl (C=O) groups is 4. The van der Waals surface area contributed by atoms with Crippen LogP contribution in [0, 0.1) is 0 Å². The summed E-state index contributed by atoms with van der Waals surface area (Å²) in [5, 5.41) is 13.6. The summed E-state index contributed by atoms with van der Waals surface area (Å²) >= 11 is 1.47. The quantitative estimate of drug-likeness (QED) is 0.576. The zero-order valence-electron chi connectivity index (χ0n) is 11.9. The lowest BCUT2D eigenvalue weighted by Crippen LogP contribution is -2.62. The van der Waals surface area contributed by atoms with Gasteiger partial charge in [0, 0.05) is 0 Å². The van der Waals surface area contributed by atoms with Crippen molar-refractivity contribution in [1.82, 2.24) is 15.5 Å². The van der Waals surface area contributed by atoms with Crippen LogP contribution in [-0.2, 0) is 14.4 Å². The van der Waals surface area contributed by atoms with Gasteiger partial charge in [0.05, 0.1) is 0 Å². The van der Waals surface area contributed by atoms with Crippen molar-refractivity contribution in [3.8, 4) is 0 Å². The Morgan fingerprint density at radius 2 is 2.19 bits per heavy atom. The van der Waals surface area contributed by atoms with E-state index in [1.54, 1.807) is 6.92 Å². The molecule has 1 fully saturated rings. The van der Waals surface area contributed by atoms with Gasteiger partial charge < -0.3 is 15.3 Å². The minimum atomic E-state index is -1.14. The first-order valence-electron chi connectivity index (χ1n) is 6.53. The lowest BCUT2D eigenvalue weighted by atomic mass is 10.1. The molecule has 0 aliphatic carbocycles. The van der Waals surface area contributed by atoms with E-state index in [-0.39, 0.29) is 13.0 Å². The van der Waals surface area contributed by atoms with Crippen LogP contribution >= 0.6 is 11.8 Å². The van der Waals surface area contributed by atoms with Gasteiger partial charge in [-0.1, -0.05) is 6.92 Å². The van der Waals surface area contributed by atoms with Gasteiger partial charge in [-0.2, -0.15) is 11.8 Å². The highest BCUT2D eigenvalue weighted by Crippen LogP contribution is 2.10. The molecule has 9 heteroatoms. The highest BCUT2D eigenvalue weighted by atomic mass is 32.2. The number of amides is 4. The van der Waals surface area contributed by atoms with Gasteiger partial charge >= 0.3 is 12.0 Å². The van der Waals surface area contributed by atoms with E-state index in [1.165, 1.54) is 11.8 Å². The van der Waals surface area contributed by atoms with Gasteiger partial charge in [0.1, 0.15) is 18.6 Å². The number of carboxylic acids is 1. The van der Waals surface area contributed by atoms with Crippen molar-refractivity contribution >= 4 is 35.6 Å². The number of thioether (sulfide) groups is 1. The average molecular weight is 317 g/mol. The molecule has 3 N–H and O–H groups in total. The van der Waals surface area contributed by atoms with E-state index in [2.05, 4.69) is 10.6 Å². The van der Waals surface area contributed by atoms with Crippen molar-refractivity contribution in [1.29, 1.82) is 0 Å². The van der Waals surface area contributed by atoms with Gasteiger partial charge in [-0.25, -0.2) is 9.59 Å². The zero-order chi connectivity index (χ0) is 16.0. The van der Waals surface area contributed by atoms with Crippen LogP contribution in [0.15, 0.2) is 0 Å². The second-order valence-corrected chi connectivity index (χ2v) is 5.57. The Labute approximate surface area is 126 Å². The fraction of sp³-hybridized carbons (Fsp3) is 0.667. The van der Waals surface area contributed by atoms with Crippen LogP contribution in [0.5, 0.6) is 0 Å². The predicted molar refractivity (Wildman–Crippen MR) is 76.9 cm³/mol. The molecular formula is C12H19N3O5S. The van der Waals surface area contributed by atoms with E-state index < -0.39 is 35.9 Å². The van der Waals surface area contributed by atoms with Crippen LogP contribution in [0.1, 0.15) is 19.8 Å². The number of urea groups is 1. The summed E-state index contributed by atoms with van der Waals surface area (Å²) in [5.41, 5.74) is 0. The Morgan fingerprint density at radius 3 is 2.71 bits per heavy atom. The maximum Gasteiger partial charge on any atom is 0.326 e. The zero-order valence-corrected chi connectivity index (χ0v) is 12.7. The monoisotopic (exact) mass is 317 g/mol. The number of aliphatic carboxylic acids is 1. The van der Waals surface area contributed by atoms with Crippen LogP contribution in [0.2, 0.25) is 0 Å². The number of nitrogens with zero attached hydrogens (tertiary/aromatic N) is 1. The van der Waals surface area contributed by atoms with Crippen molar-refractivity contribution in [2.75, 3.05) is 18.6 Å². The van der Waals surface area contributed by atoms with E-state index in [1.807, 2.05) is 6.26 Å². The van der Waals surface area contributed by atoms with Crippen LogP contribution in [0.4, 0.5) is 4.79 Å². The maximum atomic E-state index is 12.1. The summed E-state index contributed by atoms with van der Waals surface area (Å²) in [6.07, 6.45) is 2.45. The lowest BCUT2D eigenvalue weighted by molar-refractivity contribution is -0.139. The van der Waals surface area contributed by atoms with Crippen LogP contribution < -0.4 is 10.6 Å². The third-order valence-corrected chi connectivity index (χ3v) is 3.75. The van der Waals surface area contributed by atoms with Gasteiger partial charge in [0.2, 0.25) is 11.8 Å². The van der Waals surface area contributed by atoms with Crippen LogP contribution in [0.25, 0.3) is 0 Å². The molecular weight excluding hydrogens is 298 g/mol. The molecule has 0 aromatic carbocycles. The van der Waals surface area contributed by atoms with E-state index in [0.29, 0.717) is 12.2 Å². The number of rotatable bonds is 6. The van der Waals surface area contributed by atoms with Gasteiger partial charge in [0.15, 0.2) is 0 Å². The molecule has 0 aromatic heterocycles. The molecule has 8 nitrogen and oxygen atoms in total. The van der Waals surface area contributed by atoms with E-state index >= 15 is 0 Å². The minimum Gasteiger partial charge on any atom is -0.480 e. The molecule has 2 atom stereocenters. The number of imide groups is 1. The standard InChI is InChI=1S/C12H19N3O5S/c1-3-8-10(17)14-9(16)6-15(8)12(20)13-7(11(18)19)4-5-21-2/h7-8H,3-6H2,1-2H3,(H,13,20)(H,18,19)(H,14,16,17). The number of hydrogen-bond donors (Lipinski definition) is 3. The number of carboxylic acid groups (broad SMARTS) is 1. The topological polar surface area (TPSA) is 116 Å². The molecule has 0 spiro atoms. The highest BCUT2D eigenvalue weighted by molar-refractivity contribution is 7.98. The molecule has 2 unspecified atom stereocenters. The van der Waals surface area contributed by atoms with Crippen molar-refractivity contribution < 1.29 is 24.3 Å². The number of carbonyl (C=O) groups excluding carboxylic acids is 3. The smallest absolute Gasteiger partial charge is 0.326 e. The number of nitrogens with one attached hydrogen (secondary N) is 2. The molecule has 118 valence electrons. The Morgan fingerprint density at radius 1 is 1.52 bits per heavy atom. The second kappa shape index (κ2) is 7.87. The van der Waals surface area contributed by atoms with Crippen LogP contribution in [0.3, 0.4) is 0 Å². The average Bonchev–Trinajstić information content (AvgIpc) is 2.42. The summed E-state index contributed by atoms with van der Waals surface area (Å²) in [7, 11) is 0. The summed E-state index contributed by atoms with van der Waals surface area (Å²) in [5.74, 6) is -1.68. The normalized spacial score (nSPS) is 19.9. The van der Waals surface area contributed by atoms with Gasteiger partial charge in [-0.3, -0.25) is 14.9 Å². The molecule has 4 amide bonds. The molecule has 1 heterocycles. The molecule has 0 bridgehead atoms. The third kappa shape index (κ3) is 4.62. The summed E-state index contributed by atoms with van der Waals surface area (Å²) < 4.78 is 0. The van der Waals surface area contributed by atoms with Crippen molar-refractivity contribution in [2.45, 2.75) is 31.8 Å². The number of piperazine rings is 1.